The van der Waals surface area contributed by atoms with E-state index in [4.69, 9.17) is 18.9 Å². The van der Waals surface area contributed by atoms with Gasteiger partial charge in [0, 0.05) is 27.9 Å². The van der Waals surface area contributed by atoms with Crippen molar-refractivity contribution in [2.75, 3.05) is 27.3 Å². The Labute approximate surface area is 199 Å². The molecule has 0 saturated heterocycles. The maximum absolute atomic E-state index is 12.5. The molecule has 194 valence electrons. The molecule has 0 saturated carbocycles. The highest BCUT2D eigenvalue weighted by atomic mass is 16.6. The average Bonchev–Trinajstić information content (AvgIpc) is 2.73. The molecule has 0 aromatic rings. The number of carbonyl (C=O) groups is 4. The molecule has 12 nitrogen and oxygen atoms in total. The van der Waals surface area contributed by atoms with E-state index >= 15 is 0 Å². The van der Waals surface area contributed by atoms with Crippen LogP contribution >= 0.6 is 0 Å². The molecule has 0 aliphatic rings. The number of ether oxygens (including phenoxy) is 4. The Kier molecular flexibility index (Phi) is 13.5. The molecule has 0 spiro atoms. The normalized spacial score (nSPS) is 13.8. The Balaban J connectivity index is 5.93. The fourth-order valence-electron chi connectivity index (χ4n) is 2.75. The molecule has 4 atom stereocenters. The second-order valence-corrected chi connectivity index (χ2v) is 7.72. The fraction of sp³-hybridized carbons (Fsp3) is 0.636. The van der Waals surface area contributed by atoms with Crippen molar-refractivity contribution < 1.29 is 48.3 Å². The van der Waals surface area contributed by atoms with Gasteiger partial charge in [0.25, 0.3) is 0 Å². The average molecular weight is 489 g/mol. The van der Waals surface area contributed by atoms with Crippen LogP contribution in [-0.2, 0) is 38.1 Å². The smallest absolute Gasteiger partial charge is 0.354 e. The Hall–Kier alpha value is -3.12. The third-order valence-electron chi connectivity index (χ3n) is 4.44. The van der Waals surface area contributed by atoms with E-state index in [1.54, 1.807) is 27.7 Å². The second kappa shape index (κ2) is 14.9. The number of hydrogen-bond acceptors (Lipinski definition) is 12. The van der Waals surface area contributed by atoms with Gasteiger partial charge in [0.2, 0.25) is 0 Å². The number of likely N-dealkylation sites (N-methyl/N-ethyl adjacent to an activating group) is 2. The van der Waals surface area contributed by atoms with E-state index in [-0.39, 0.29) is 11.4 Å². The van der Waals surface area contributed by atoms with Crippen LogP contribution in [0.15, 0.2) is 22.5 Å². The fourth-order valence-corrected chi connectivity index (χ4v) is 2.75. The summed E-state index contributed by atoms with van der Waals surface area (Å²) < 4.78 is 20.3. The first-order valence-corrected chi connectivity index (χ1v) is 10.5. The van der Waals surface area contributed by atoms with E-state index in [2.05, 4.69) is 10.6 Å². The minimum atomic E-state index is -1.89. The zero-order valence-electron chi connectivity index (χ0n) is 20.9. The summed E-state index contributed by atoms with van der Waals surface area (Å²) in [5.74, 6) is -3.18. The van der Waals surface area contributed by atoms with E-state index < -0.39 is 61.5 Å². The zero-order valence-corrected chi connectivity index (χ0v) is 20.9. The first-order valence-electron chi connectivity index (χ1n) is 10.5. The van der Waals surface area contributed by atoms with Crippen molar-refractivity contribution >= 4 is 23.9 Å². The molecule has 0 aliphatic carbocycles. The monoisotopic (exact) mass is 488 g/mol. The van der Waals surface area contributed by atoms with Gasteiger partial charge in [0.05, 0.1) is 0 Å². The predicted molar refractivity (Wildman–Crippen MR) is 120 cm³/mol. The lowest BCUT2D eigenvalue weighted by molar-refractivity contribution is -0.185. The Bertz CT molecular complexity index is 732. The van der Waals surface area contributed by atoms with Gasteiger partial charge in [-0.25, -0.2) is 9.59 Å². The van der Waals surface area contributed by atoms with Crippen LogP contribution in [0.3, 0.4) is 0 Å². The van der Waals surface area contributed by atoms with Crippen LogP contribution in [0.25, 0.3) is 0 Å². The largest absolute Gasteiger partial charge is 0.462 e. The van der Waals surface area contributed by atoms with Gasteiger partial charge in [0.15, 0.2) is 12.2 Å². The van der Waals surface area contributed by atoms with Gasteiger partial charge in [-0.05, 0) is 38.8 Å². The standard InChI is InChI=1S/C22H36N2O10/c1-11(2)17(23-7)21(29)33-15(9-31-13(5)25)19(27)20(28)16(10-32-14(6)26)34-22(30)18(24-8)12(3)4/h15-16,19-20,23-24,27-28H,9-10H2,1-8H3. The van der Waals surface area contributed by atoms with Crippen LogP contribution in [-0.4, -0.2) is 85.8 Å². The molecule has 0 radical (unpaired) electrons. The number of carbonyl (C=O) groups excluding carboxylic acids is 4. The summed E-state index contributed by atoms with van der Waals surface area (Å²) in [5, 5.41) is 26.9. The number of allylic oxidation sites excluding steroid dienone is 2. The summed E-state index contributed by atoms with van der Waals surface area (Å²) in [5.41, 5.74) is 1.35. The molecule has 12 heteroatoms. The Morgan fingerprint density at radius 3 is 1.15 bits per heavy atom. The molecule has 0 fully saturated rings. The maximum atomic E-state index is 12.5. The van der Waals surface area contributed by atoms with E-state index in [1.807, 2.05) is 0 Å². The van der Waals surface area contributed by atoms with Crippen LogP contribution < -0.4 is 10.6 Å². The van der Waals surface area contributed by atoms with Crippen LogP contribution in [0, 0.1) is 0 Å². The zero-order chi connectivity index (χ0) is 26.6. The van der Waals surface area contributed by atoms with Crippen LogP contribution in [0.5, 0.6) is 0 Å². The number of nitrogens with one attached hydrogen (secondary N) is 2. The number of esters is 4. The van der Waals surface area contributed by atoms with Crippen LogP contribution in [0.2, 0.25) is 0 Å². The lowest BCUT2D eigenvalue weighted by Crippen LogP contribution is -2.51. The summed E-state index contributed by atoms with van der Waals surface area (Å²) in [7, 11) is 2.99. The highest BCUT2D eigenvalue weighted by Gasteiger charge is 2.38. The molecule has 0 rings (SSSR count). The summed E-state index contributed by atoms with van der Waals surface area (Å²) in [6.07, 6.45) is -6.87. The van der Waals surface area contributed by atoms with Gasteiger partial charge in [0.1, 0.15) is 36.8 Å². The van der Waals surface area contributed by atoms with Gasteiger partial charge < -0.3 is 39.8 Å². The highest BCUT2D eigenvalue weighted by molar-refractivity contribution is 5.89. The maximum Gasteiger partial charge on any atom is 0.354 e. The third-order valence-corrected chi connectivity index (χ3v) is 4.44. The summed E-state index contributed by atoms with van der Waals surface area (Å²) in [4.78, 5) is 47.6. The number of rotatable bonds is 13. The third kappa shape index (κ3) is 10.2. The molecule has 4 unspecified atom stereocenters. The van der Waals surface area contributed by atoms with Gasteiger partial charge >= 0.3 is 23.9 Å². The molecule has 0 bridgehead atoms. The van der Waals surface area contributed by atoms with Crippen LogP contribution in [0.1, 0.15) is 41.5 Å². The molecule has 34 heavy (non-hydrogen) atoms. The SMILES string of the molecule is CNC(C(=O)OC(COC(C)=O)C(O)C(O)C(COC(C)=O)OC(=O)C(NC)=C(C)C)=C(C)C. The minimum absolute atomic E-state index is 0.0969. The van der Waals surface area contributed by atoms with E-state index in [0.717, 1.165) is 13.8 Å². The van der Waals surface area contributed by atoms with Gasteiger partial charge in [-0.2, -0.15) is 0 Å². The molecular formula is C22H36N2O10. The van der Waals surface area contributed by atoms with Crippen molar-refractivity contribution in [3.63, 3.8) is 0 Å². The first kappa shape index (κ1) is 30.9. The van der Waals surface area contributed by atoms with Crippen molar-refractivity contribution in [1.29, 1.82) is 0 Å². The summed E-state index contributed by atoms with van der Waals surface area (Å²) in [6.45, 7) is 7.63. The summed E-state index contributed by atoms with van der Waals surface area (Å²) in [6, 6.07) is 0. The molecule has 0 aliphatic heterocycles. The molecule has 0 amide bonds. The van der Waals surface area contributed by atoms with Gasteiger partial charge in [-0.15, -0.1) is 0 Å². The van der Waals surface area contributed by atoms with Crippen molar-refractivity contribution in [3.05, 3.63) is 22.5 Å². The van der Waals surface area contributed by atoms with Crippen molar-refractivity contribution in [2.24, 2.45) is 0 Å². The van der Waals surface area contributed by atoms with Crippen molar-refractivity contribution in [3.8, 4) is 0 Å². The van der Waals surface area contributed by atoms with Crippen molar-refractivity contribution in [2.45, 2.75) is 66.0 Å². The number of aliphatic hydroxyl groups excluding tert-OH is 2. The lowest BCUT2D eigenvalue weighted by atomic mass is 10.0. The molecule has 0 aromatic heterocycles. The molecule has 0 aromatic carbocycles. The molecule has 4 N–H and O–H groups in total. The lowest BCUT2D eigenvalue weighted by Gasteiger charge is -2.31. The first-order chi connectivity index (χ1) is 15.8. The van der Waals surface area contributed by atoms with Crippen LogP contribution in [0.4, 0.5) is 0 Å². The quantitative estimate of drug-likeness (QED) is 0.152. The summed E-state index contributed by atoms with van der Waals surface area (Å²) >= 11 is 0. The molecular weight excluding hydrogens is 452 g/mol. The second-order valence-electron chi connectivity index (χ2n) is 7.72. The van der Waals surface area contributed by atoms with Gasteiger partial charge in [-0.3, -0.25) is 9.59 Å². The van der Waals surface area contributed by atoms with Gasteiger partial charge in [-0.1, -0.05) is 0 Å². The van der Waals surface area contributed by atoms with Crippen molar-refractivity contribution in [1.82, 2.24) is 10.6 Å². The van der Waals surface area contributed by atoms with E-state index in [9.17, 15) is 29.4 Å². The number of aliphatic hydroxyl groups is 2. The van der Waals surface area contributed by atoms with E-state index in [1.165, 1.54) is 14.1 Å². The topological polar surface area (TPSA) is 170 Å². The van der Waals surface area contributed by atoms with E-state index in [0.29, 0.717) is 11.1 Å². The predicted octanol–water partition coefficient (Wildman–Crippen LogP) is -0.315. The minimum Gasteiger partial charge on any atom is -0.462 e. The highest BCUT2D eigenvalue weighted by Crippen LogP contribution is 2.16. The number of hydrogen-bond donors (Lipinski definition) is 4. The Morgan fingerprint density at radius 1 is 0.647 bits per heavy atom. The molecule has 0 heterocycles. The Morgan fingerprint density at radius 2 is 0.941 bits per heavy atom.